The lowest BCUT2D eigenvalue weighted by Crippen LogP contribution is -2.23. The van der Waals surface area contributed by atoms with Crippen LogP contribution in [0.1, 0.15) is 17.3 Å². The molecule has 6 nitrogen and oxygen atoms in total. The van der Waals surface area contributed by atoms with Gasteiger partial charge in [-0.3, -0.25) is 0 Å². The molecule has 0 bridgehead atoms. The number of hydrogen-bond acceptors (Lipinski definition) is 5. The van der Waals surface area contributed by atoms with Crippen LogP contribution in [0.5, 0.6) is 0 Å². The van der Waals surface area contributed by atoms with Crippen LogP contribution in [0.15, 0.2) is 27.5 Å². The van der Waals surface area contributed by atoms with Gasteiger partial charge in [-0.2, -0.15) is 0 Å². The van der Waals surface area contributed by atoms with Crippen molar-refractivity contribution in [3.05, 3.63) is 40.6 Å². The highest BCUT2D eigenvalue weighted by Crippen LogP contribution is 2.22. The van der Waals surface area contributed by atoms with E-state index in [1.54, 1.807) is 13.8 Å². The van der Waals surface area contributed by atoms with Gasteiger partial charge in [0.25, 0.3) is 0 Å². The van der Waals surface area contributed by atoms with Crippen LogP contribution >= 0.6 is 11.6 Å². The fraction of sp³-hybridized carbons (Fsp3) is 0.250. The Bertz CT molecular complexity index is 721. The lowest BCUT2D eigenvalue weighted by Gasteiger charge is -2.06. The first kappa shape index (κ1) is 14.8. The summed E-state index contributed by atoms with van der Waals surface area (Å²) in [6.07, 6.45) is 0. The molecule has 0 aliphatic carbocycles. The van der Waals surface area contributed by atoms with Crippen molar-refractivity contribution in [2.45, 2.75) is 25.3 Å². The summed E-state index contributed by atoms with van der Waals surface area (Å²) in [7, 11) is -3.69. The quantitative estimate of drug-likeness (QED) is 0.841. The maximum absolute atomic E-state index is 12.1. The number of nitrogens with two attached hydrogens (primary N) is 1. The Labute approximate surface area is 122 Å². The van der Waals surface area contributed by atoms with Gasteiger partial charge in [-0.25, -0.2) is 18.1 Å². The summed E-state index contributed by atoms with van der Waals surface area (Å²) in [6, 6.07) is 4.12. The van der Waals surface area contributed by atoms with Gasteiger partial charge in [0, 0.05) is 0 Å². The molecule has 0 aliphatic rings. The molecule has 0 aliphatic heterocycles. The number of aromatic nitrogens is 1. The number of halogens is 1. The second-order valence-electron chi connectivity index (χ2n) is 4.26. The van der Waals surface area contributed by atoms with E-state index in [-0.39, 0.29) is 17.1 Å². The number of anilines is 1. The monoisotopic (exact) mass is 315 g/mol. The number of rotatable bonds is 4. The van der Waals surface area contributed by atoms with E-state index >= 15 is 0 Å². The Morgan fingerprint density at radius 3 is 2.65 bits per heavy atom. The second-order valence-corrected chi connectivity index (χ2v) is 6.43. The van der Waals surface area contributed by atoms with Crippen molar-refractivity contribution in [1.29, 1.82) is 0 Å². The number of benzene rings is 1. The van der Waals surface area contributed by atoms with E-state index in [0.29, 0.717) is 16.7 Å². The van der Waals surface area contributed by atoms with Crippen LogP contribution in [-0.2, 0) is 16.6 Å². The van der Waals surface area contributed by atoms with Crippen LogP contribution in [0.25, 0.3) is 0 Å². The third-order valence-corrected chi connectivity index (χ3v) is 4.51. The molecule has 2 rings (SSSR count). The molecule has 0 amide bonds. The Hall–Kier alpha value is -1.57. The maximum Gasteiger partial charge on any atom is 0.241 e. The third kappa shape index (κ3) is 3.12. The van der Waals surface area contributed by atoms with Crippen molar-refractivity contribution in [3.63, 3.8) is 0 Å². The zero-order chi connectivity index (χ0) is 14.9. The van der Waals surface area contributed by atoms with Gasteiger partial charge in [0.05, 0.1) is 27.8 Å². The standard InChI is InChI=1S/C12H14ClN3O3S/c1-7-8(2)19-12(16-7)6-15-20(17,18)9-3-4-10(13)11(14)5-9/h3-5,15H,6,14H2,1-2H3. The molecule has 1 heterocycles. The molecule has 20 heavy (non-hydrogen) atoms. The number of aryl methyl sites for hydroxylation is 2. The molecule has 108 valence electrons. The first-order valence-electron chi connectivity index (χ1n) is 5.77. The molecule has 8 heteroatoms. The van der Waals surface area contributed by atoms with Crippen LogP contribution in [0, 0.1) is 13.8 Å². The molecule has 0 unspecified atom stereocenters. The molecule has 1 aromatic carbocycles. The van der Waals surface area contributed by atoms with Gasteiger partial charge in [-0.1, -0.05) is 11.6 Å². The van der Waals surface area contributed by atoms with Gasteiger partial charge in [-0.15, -0.1) is 0 Å². The molecule has 0 radical (unpaired) electrons. The third-order valence-electron chi connectivity index (χ3n) is 2.76. The summed E-state index contributed by atoms with van der Waals surface area (Å²) in [5.41, 5.74) is 6.53. The van der Waals surface area contributed by atoms with Crippen LogP contribution in [0.4, 0.5) is 5.69 Å². The molecule has 0 spiro atoms. The van der Waals surface area contributed by atoms with Crippen molar-refractivity contribution in [2.75, 3.05) is 5.73 Å². The SMILES string of the molecule is Cc1nc(CNS(=O)(=O)c2ccc(Cl)c(N)c2)oc1C. The van der Waals surface area contributed by atoms with Crippen molar-refractivity contribution >= 4 is 27.3 Å². The number of oxazole rings is 1. The summed E-state index contributed by atoms with van der Waals surface area (Å²) in [4.78, 5) is 4.14. The zero-order valence-electron chi connectivity index (χ0n) is 11.0. The summed E-state index contributed by atoms with van der Waals surface area (Å²) in [5.74, 6) is 0.973. The molecule has 2 aromatic rings. The van der Waals surface area contributed by atoms with Crippen LogP contribution in [-0.4, -0.2) is 13.4 Å². The second kappa shape index (κ2) is 5.43. The van der Waals surface area contributed by atoms with Crippen LogP contribution < -0.4 is 10.5 Å². The normalized spacial score (nSPS) is 11.8. The Kier molecular flexibility index (Phi) is 4.03. The lowest BCUT2D eigenvalue weighted by molar-refractivity contribution is 0.463. The highest BCUT2D eigenvalue weighted by molar-refractivity contribution is 7.89. The van der Waals surface area contributed by atoms with E-state index in [0.717, 1.165) is 5.69 Å². The van der Waals surface area contributed by atoms with Crippen molar-refractivity contribution in [2.24, 2.45) is 0 Å². The van der Waals surface area contributed by atoms with E-state index < -0.39 is 10.0 Å². The molecule has 0 fully saturated rings. The number of nitrogens with zero attached hydrogens (tertiary/aromatic N) is 1. The molecular formula is C12H14ClN3O3S. The van der Waals surface area contributed by atoms with E-state index in [1.165, 1.54) is 18.2 Å². The molecular weight excluding hydrogens is 302 g/mol. The summed E-state index contributed by atoms with van der Waals surface area (Å²) in [6.45, 7) is 3.52. The molecule has 1 aromatic heterocycles. The van der Waals surface area contributed by atoms with Crippen molar-refractivity contribution in [1.82, 2.24) is 9.71 Å². The molecule has 0 saturated heterocycles. The largest absolute Gasteiger partial charge is 0.444 e. The average molecular weight is 316 g/mol. The number of nitrogen functional groups attached to an aromatic ring is 1. The fourth-order valence-electron chi connectivity index (χ4n) is 1.54. The fourth-order valence-corrected chi connectivity index (χ4v) is 2.67. The molecule has 0 saturated carbocycles. The number of sulfonamides is 1. The van der Waals surface area contributed by atoms with E-state index in [2.05, 4.69) is 9.71 Å². The van der Waals surface area contributed by atoms with Gasteiger partial charge >= 0.3 is 0 Å². The van der Waals surface area contributed by atoms with Crippen LogP contribution in [0.2, 0.25) is 5.02 Å². The predicted molar refractivity (Wildman–Crippen MR) is 75.9 cm³/mol. The molecule has 3 N–H and O–H groups in total. The Morgan fingerprint density at radius 1 is 1.40 bits per heavy atom. The maximum atomic E-state index is 12.1. The van der Waals surface area contributed by atoms with Crippen molar-refractivity contribution < 1.29 is 12.8 Å². The summed E-state index contributed by atoms with van der Waals surface area (Å²) in [5, 5.41) is 0.308. The average Bonchev–Trinajstić information content (AvgIpc) is 2.70. The Morgan fingerprint density at radius 2 is 2.10 bits per heavy atom. The minimum atomic E-state index is -3.69. The number of nitrogens with one attached hydrogen (secondary N) is 1. The van der Waals surface area contributed by atoms with Crippen LogP contribution in [0.3, 0.4) is 0 Å². The van der Waals surface area contributed by atoms with Gasteiger partial charge in [0.2, 0.25) is 15.9 Å². The Balaban J connectivity index is 2.16. The van der Waals surface area contributed by atoms with E-state index in [9.17, 15) is 8.42 Å². The highest BCUT2D eigenvalue weighted by Gasteiger charge is 2.16. The lowest BCUT2D eigenvalue weighted by atomic mass is 10.3. The van der Waals surface area contributed by atoms with Gasteiger partial charge < -0.3 is 10.2 Å². The van der Waals surface area contributed by atoms with E-state index in [1.807, 2.05) is 0 Å². The minimum absolute atomic E-state index is 0.0282. The zero-order valence-corrected chi connectivity index (χ0v) is 12.5. The first-order chi connectivity index (χ1) is 9.29. The first-order valence-corrected chi connectivity index (χ1v) is 7.63. The minimum Gasteiger partial charge on any atom is -0.444 e. The molecule has 0 atom stereocenters. The topological polar surface area (TPSA) is 98.2 Å². The van der Waals surface area contributed by atoms with Gasteiger partial charge in [0.15, 0.2) is 0 Å². The highest BCUT2D eigenvalue weighted by atomic mass is 35.5. The predicted octanol–water partition coefficient (Wildman–Crippen LogP) is 2.01. The smallest absolute Gasteiger partial charge is 0.241 e. The van der Waals surface area contributed by atoms with Gasteiger partial charge in [0.1, 0.15) is 5.76 Å². The summed E-state index contributed by atoms with van der Waals surface area (Å²) >= 11 is 5.76. The number of hydrogen-bond donors (Lipinski definition) is 2. The summed E-state index contributed by atoms with van der Waals surface area (Å²) < 4.78 is 31.9. The van der Waals surface area contributed by atoms with Crippen molar-refractivity contribution in [3.8, 4) is 0 Å². The van der Waals surface area contributed by atoms with E-state index in [4.69, 9.17) is 21.8 Å². The van der Waals surface area contributed by atoms with Gasteiger partial charge in [-0.05, 0) is 32.0 Å².